The fourth-order valence-electron chi connectivity index (χ4n) is 2.38. The average molecular weight is 276 g/mol. The van der Waals surface area contributed by atoms with E-state index in [9.17, 15) is 4.79 Å². The molecule has 3 nitrogen and oxygen atoms in total. The van der Waals surface area contributed by atoms with Crippen LogP contribution in [0.3, 0.4) is 0 Å². The van der Waals surface area contributed by atoms with Crippen molar-refractivity contribution in [2.24, 2.45) is 5.73 Å². The molecule has 1 unspecified atom stereocenters. The van der Waals surface area contributed by atoms with Crippen LogP contribution in [-0.4, -0.2) is 10.8 Å². The maximum Gasteiger partial charge on any atom is 0.164 e. The van der Waals surface area contributed by atoms with Gasteiger partial charge in [-0.1, -0.05) is 48.5 Å². The van der Waals surface area contributed by atoms with E-state index in [1.54, 1.807) is 6.20 Å². The molecule has 0 spiro atoms. The number of benzene rings is 2. The van der Waals surface area contributed by atoms with Gasteiger partial charge in [0.15, 0.2) is 5.78 Å². The molecule has 3 aromatic rings. The Kier molecular flexibility index (Phi) is 3.75. The zero-order valence-electron chi connectivity index (χ0n) is 11.6. The van der Waals surface area contributed by atoms with Crippen molar-refractivity contribution in [2.45, 2.75) is 12.5 Å². The van der Waals surface area contributed by atoms with Crippen LogP contribution in [-0.2, 0) is 0 Å². The van der Waals surface area contributed by atoms with Crippen molar-refractivity contribution in [3.05, 3.63) is 78.0 Å². The third-order valence-electron chi connectivity index (χ3n) is 3.56. The molecule has 0 saturated heterocycles. The molecule has 21 heavy (non-hydrogen) atoms. The van der Waals surface area contributed by atoms with E-state index in [2.05, 4.69) is 4.98 Å². The summed E-state index contributed by atoms with van der Waals surface area (Å²) in [5.41, 5.74) is 8.58. The van der Waals surface area contributed by atoms with Crippen molar-refractivity contribution < 1.29 is 4.79 Å². The number of nitrogens with two attached hydrogens (primary N) is 1. The van der Waals surface area contributed by atoms with Crippen molar-refractivity contribution in [2.75, 3.05) is 0 Å². The van der Waals surface area contributed by atoms with Gasteiger partial charge in [0.2, 0.25) is 0 Å². The summed E-state index contributed by atoms with van der Waals surface area (Å²) in [4.78, 5) is 16.6. The molecule has 1 aromatic heterocycles. The number of hydrogen-bond acceptors (Lipinski definition) is 3. The van der Waals surface area contributed by atoms with Crippen molar-refractivity contribution >= 4 is 16.7 Å². The Bertz CT molecular complexity index is 768. The lowest BCUT2D eigenvalue weighted by molar-refractivity contribution is 0.0974. The van der Waals surface area contributed by atoms with Gasteiger partial charge in [-0.2, -0.15) is 0 Å². The van der Waals surface area contributed by atoms with E-state index in [-0.39, 0.29) is 11.8 Å². The van der Waals surface area contributed by atoms with Crippen LogP contribution in [0.15, 0.2) is 66.9 Å². The number of fused-ring (bicyclic) bond motifs is 1. The third-order valence-corrected chi connectivity index (χ3v) is 3.56. The number of carbonyl (C=O) groups excluding carboxylic acids is 1. The Balaban J connectivity index is 1.80. The Morgan fingerprint density at radius 2 is 1.86 bits per heavy atom. The Hall–Kier alpha value is -2.52. The van der Waals surface area contributed by atoms with Gasteiger partial charge in [-0.3, -0.25) is 9.78 Å². The Morgan fingerprint density at radius 1 is 1.05 bits per heavy atom. The zero-order chi connectivity index (χ0) is 14.7. The molecular weight excluding hydrogens is 260 g/mol. The van der Waals surface area contributed by atoms with Crippen molar-refractivity contribution in [1.29, 1.82) is 0 Å². The number of nitrogens with zero attached hydrogens (tertiary/aromatic N) is 1. The predicted molar refractivity (Wildman–Crippen MR) is 84.1 cm³/mol. The van der Waals surface area contributed by atoms with Gasteiger partial charge < -0.3 is 5.73 Å². The van der Waals surface area contributed by atoms with Crippen molar-refractivity contribution in [3.8, 4) is 0 Å². The Morgan fingerprint density at radius 3 is 2.67 bits per heavy atom. The normalized spacial score (nSPS) is 12.2. The van der Waals surface area contributed by atoms with E-state index in [0.717, 1.165) is 16.5 Å². The highest BCUT2D eigenvalue weighted by atomic mass is 16.1. The van der Waals surface area contributed by atoms with Crippen LogP contribution < -0.4 is 5.73 Å². The second kappa shape index (κ2) is 5.85. The van der Waals surface area contributed by atoms with E-state index >= 15 is 0 Å². The molecule has 0 radical (unpaired) electrons. The first-order valence-electron chi connectivity index (χ1n) is 6.92. The third kappa shape index (κ3) is 2.98. The van der Waals surface area contributed by atoms with E-state index in [1.807, 2.05) is 60.7 Å². The number of aromatic nitrogens is 1. The molecule has 0 fully saturated rings. The van der Waals surface area contributed by atoms with E-state index < -0.39 is 0 Å². The molecule has 0 aliphatic heterocycles. The Labute approximate surface area is 123 Å². The number of rotatable bonds is 4. The predicted octanol–water partition coefficient (Wildman–Crippen LogP) is 3.51. The molecule has 0 bridgehead atoms. The van der Waals surface area contributed by atoms with E-state index in [1.165, 1.54) is 0 Å². The van der Waals surface area contributed by atoms with Crippen LogP contribution in [0.5, 0.6) is 0 Å². The van der Waals surface area contributed by atoms with Crippen LogP contribution in [0, 0.1) is 0 Å². The lowest BCUT2D eigenvalue weighted by Gasteiger charge is -2.11. The molecule has 3 rings (SSSR count). The first-order chi connectivity index (χ1) is 10.2. The van der Waals surface area contributed by atoms with Gasteiger partial charge in [0.25, 0.3) is 0 Å². The number of ketones is 1. The SMILES string of the molecule is NC(CC(=O)c1ccc2cccnc2c1)c1ccccc1. The molecule has 104 valence electrons. The number of hydrogen-bond donors (Lipinski definition) is 1. The second-order valence-electron chi connectivity index (χ2n) is 5.06. The highest BCUT2D eigenvalue weighted by Crippen LogP contribution is 2.19. The zero-order valence-corrected chi connectivity index (χ0v) is 11.6. The lowest BCUT2D eigenvalue weighted by Crippen LogP contribution is -2.15. The van der Waals surface area contributed by atoms with Gasteiger partial charge in [-0.05, 0) is 17.7 Å². The molecule has 0 aliphatic carbocycles. The van der Waals surface area contributed by atoms with Gasteiger partial charge in [-0.25, -0.2) is 0 Å². The quantitative estimate of drug-likeness (QED) is 0.742. The average Bonchev–Trinajstić information content (AvgIpc) is 2.55. The molecule has 1 atom stereocenters. The molecule has 2 N–H and O–H groups in total. The fourth-order valence-corrected chi connectivity index (χ4v) is 2.38. The smallest absolute Gasteiger partial charge is 0.164 e. The minimum atomic E-state index is -0.280. The number of Topliss-reactive ketones (excluding diaryl/α,β-unsaturated/α-hetero) is 1. The number of pyridine rings is 1. The summed E-state index contributed by atoms with van der Waals surface area (Å²) in [6.07, 6.45) is 2.02. The number of carbonyl (C=O) groups is 1. The molecule has 3 heteroatoms. The summed E-state index contributed by atoms with van der Waals surface area (Å²) >= 11 is 0. The minimum Gasteiger partial charge on any atom is -0.324 e. The van der Waals surface area contributed by atoms with Crippen LogP contribution in [0.2, 0.25) is 0 Å². The standard InChI is InChI=1S/C18H16N2O/c19-16(13-5-2-1-3-6-13)12-18(21)15-9-8-14-7-4-10-20-17(14)11-15/h1-11,16H,12,19H2. The molecule has 0 amide bonds. The monoisotopic (exact) mass is 276 g/mol. The van der Waals surface area contributed by atoms with Crippen LogP contribution >= 0.6 is 0 Å². The van der Waals surface area contributed by atoms with Gasteiger partial charge in [0.05, 0.1) is 5.52 Å². The van der Waals surface area contributed by atoms with Gasteiger partial charge >= 0.3 is 0 Å². The van der Waals surface area contributed by atoms with Gasteiger partial charge in [-0.15, -0.1) is 0 Å². The van der Waals surface area contributed by atoms with Crippen LogP contribution in [0.1, 0.15) is 28.4 Å². The summed E-state index contributed by atoms with van der Waals surface area (Å²) in [7, 11) is 0. The van der Waals surface area contributed by atoms with E-state index in [0.29, 0.717) is 12.0 Å². The second-order valence-corrected chi connectivity index (χ2v) is 5.06. The molecular formula is C18H16N2O. The minimum absolute atomic E-state index is 0.0407. The molecule has 2 aromatic carbocycles. The summed E-state index contributed by atoms with van der Waals surface area (Å²) < 4.78 is 0. The van der Waals surface area contributed by atoms with E-state index in [4.69, 9.17) is 5.73 Å². The maximum absolute atomic E-state index is 12.4. The van der Waals surface area contributed by atoms with Crippen LogP contribution in [0.4, 0.5) is 0 Å². The molecule has 1 heterocycles. The van der Waals surface area contributed by atoms with Crippen molar-refractivity contribution in [3.63, 3.8) is 0 Å². The fraction of sp³-hybridized carbons (Fsp3) is 0.111. The highest BCUT2D eigenvalue weighted by molar-refractivity contribution is 5.99. The maximum atomic E-state index is 12.4. The summed E-state index contributed by atoms with van der Waals surface area (Å²) in [5, 5.41) is 1.03. The van der Waals surface area contributed by atoms with Crippen LogP contribution in [0.25, 0.3) is 10.9 Å². The first kappa shape index (κ1) is 13.5. The van der Waals surface area contributed by atoms with Gasteiger partial charge in [0.1, 0.15) is 0 Å². The highest BCUT2D eigenvalue weighted by Gasteiger charge is 2.13. The first-order valence-corrected chi connectivity index (χ1v) is 6.92. The summed E-state index contributed by atoms with van der Waals surface area (Å²) in [6.45, 7) is 0. The summed E-state index contributed by atoms with van der Waals surface area (Å²) in [5.74, 6) is 0.0407. The topological polar surface area (TPSA) is 56.0 Å². The van der Waals surface area contributed by atoms with Crippen molar-refractivity contribution in [1.82, 2.24) is 4.98 Å². The summed E-state index contributed by atoms with van der Waals surface area (Å²) in [6, 6.07) is 18.9. The lowest BCUT2D eigenvalue weighted by atomic mass is 9.98. The van der Waals surface area contributed by atoms with Gasteiger partial charge in [0, 0.05) is 29.6 Å². The largest absolute Gasteiger partial charge is 0.324 e. The molecule has 0 aliphatic rings. The molecule has 0 saturated carbocycles.